The van der Waals surface area contributed by atoms with E-state index in [-0.39, 0.29) is 6.42 Å². The Bertz CT molecular complexity index is 684. The highest BCUT2D eigenvalue weighted by atomic mass is 31.2. The molecule has 0 spiro atoms. The minimum Gasteiger partial charge on any atom is -0.338 e. The number of amides is 1. The van der Waals surface area contributed by atoms with Crippen LogP contribution in [0.5, 0.6) is 0 Å². The number of carbonyl (C=O) groups excluding carboxylic acids is 1. The summed E-state index contributed by atoms with van der Waals surface area (Å²) >= 11 is 0. The predicted octanol–water partition coefficient (Wildman–Crippen LogP) is 2.30. The highest BCUT2D eigenvalue weighted by Crippen LogP contribution is 2.41. The van der Waals surface area contributed by atoms with E-state index in [0.717, 1.165) is 0 Å². The van der Waals surface area contributed by atoms with Gasteiger partial charge in [-0.05, 0) is 29.8 Å². The lowest BCUT2D eigenvalue weighted by molar-refractivity contribution is 0.0943. The number of benzene rings is 2. The molecule has 2 aromatic rings. The maximum Gasteiger partial charge on any atom is 0.347 e. The Morgan fingerprint density at radius 3 is 2.23 bits per heavy atom. The zero-order valence-electron chi connectivity index (χ0n) is 11.5. The SMILES string of the molecule is O=C(NC(Cc1ccc(F)cc1)P(=O)(O)O)c1ccccc1. The van der Waals surface area contributed by atoms with Gasteiger partial charge in [0, 0.05) is 12.0 Å². The van der Waals surface area contributed by atoms with Crippen LogP contribution in [0.4, 0.5) is 4.39 Å². The van der Waals surface area contributed by atoms with Gasteiger partial charge >= 0.3 is 7.60 Å². The van der Waals surface area contributed by atoms with Gasteiger partial charge in [-0.2, -0.15) is 0 Å². The van der Waals surface area contributed by atoms with Crippen LogP contribution in [0.15, 0.2) is 54.6 Å². The maximum absolute atomic E-state index is 12.9. The Labute approximate surface area is 127 Å². The van der Waals surface area contributed by atoms with E-state index < -0.39 is 25.1 Å². The molecule has 1 amide bonds. The Balaban J connectivity index is 2.15. The van der Waals surface area contributed by atoms with Crippen molar-refractivity contribution in [3.63, 3.8) is 0 Å². The number of rotatable bonds is 5. The first kappa shape index (κ1) is 16.4. The van der Waals surface area contributed by atoms with Crippen molar-refractivity contribution in [2.24, 2.45) is 0 Å². The van der Waals surface area contributed by atoms with Gasteiger partial charge in [0.2, 0.25) is 0 Å². The molecule has 3 N–H and O–H groups in total. The van der Waals surface area contributed by atoms with Gasteiger partial charge in [-0.25, -0.2) is 4.39 Å². The van der Waals surface area contributed by atoms with Gasteiger partial charge in [-0.15, -0.1) is 0 Å². The average Bonchev–Trinajstić information content (AvgIpc) is 2.48. The van der Waals surface area contributed by atoms with Crippen molar-refractivity contribution >= 4 is 13.5 Å². The predicted molar refractivity (Wildman–Crippen MR) is 79.8 cm³/mol. The van der Waals surface area contributed by atoms with Crippen LogP contribution in [0.1, 0.15) is 15.9 Å². The molecule has 22 heavy (non-hydrogen) atoms. The standard InChI is InChI=1S/C15H15FNO4P/c16-13-8-6-11(7-9-13)10-14(22(19,20)21)17-15(18)12-4-2-1-3-5-12/h1-9,14H,10H2,(H,17,18)(H2,19,20,21). The summed E-state index contributed by atoms with van der Waals surface area (Å²) in [7, 11) is -4.55. The van der Waals surface area contributed by atoms with Crippen molar-refractivity contribution in [1.29, 1.82) is 0 Å². The summed E-state index contributed by atoms with van der Waals surface area (Å²) in [6, 6.07) is 13.4. The lowest BCUT2D eigenvalue weighted by Gasteiger charge is -2.20. The van der Waals surface area contributed by atoms with Crippen molar-refractivity contribution in [1.82, 2.24) is 5.32 Å². The van der Waals surface area contributed by atoms with Gasteiger partial charge in [0.05, 0.1) is 0 Å². The zero-order valence-corrected chi connectivity index (χ0v) is 12.4. The Hall–Kier alpha value is -2.01. The van der Waals surface area contributed by atoms with Crippen LogP contribution in [0.2, 0.25) is 0 Å². The van der Waals surface area contributed by atoms with E-state index in [4.69, 9.17) is 0 Å². The van der Waals surface area contributed by atoms with Gasteiger partial charge < -0.3 is 15.1 Å². The molecule has 0 saturated carbocycles. The van der Waals surface area contributed by atoms with Gasteiger partial charge in [0.1, 0.15) is 11.6 Å². The summed E-state index contributed by atoms with van der Waals surface area (Å²) in [6.07, 6.45) is -0.0941. The topological polar surface area (TPSA) is 86.6 Å². The number of halogens is 1. The molecule has 0 aliphatic rings. The summed E-state index contributed by atoms with van der Waals surface area (Å²) in [5.74, 6) is -2.38. The Morgan fingerprint density at radius 1 is 1.09 bits per heavy atom. The molecular formula is C15H15FNO4P. The highest BCUT2D eigenvalue weighted by Gasteiger charge is 2.30. The monoisotopic (exact) mass is 323 g/mol. The minimum atomic E-state index is -4.55. The van der Waals surface area contributed by atoms with Crippen LogP contribution >= 0.6 is 7.60 Å². The lowest BCUT2D eigenvalue weighted by atomic mass is 10.1. The second-order valence-electron chi connectivity index (χ2n) is 4.77. The Morgan fingerprint density at radius 2 is 1.68 bits per heavy atom. The van der Waals surface area contributed by atoms with Crippen LogP contribution in [0.25, 0.3) is 0 Å². The number of hydrogen-bond acceptors (Lipinski definition) is 2. The quantitative estimate of drug-likeness (QED) is 0.737. The fourth-order valence-corrected chi connectivity index (χ4v) is 2.66. The fourth-order valence-electron chi connectivity index (χ4n) is 1.92. The summed E-state index contributed by atoms with van der Waals surface area (Å²) in [5.41, 5.74) is 0.822. The molecule has 0 heterocycles. The smallest absolute Gasteiger partial charge is 0.338 e. The van der Waals surface area contributed by atoms with Crippen molar-refractivity contribution in [3.8, 4) is 0 Å². The number of hydrogen-bond donors (Lipinski definition) is 3. The van der Waals surface area contributed by atoms with E-state index in [0.29, 0.717) is 11.1 Å². The second-order valence-corrected chi connectivity index (χ2v) is 6.58. The molecule has 0 aromatic heterocycles. The van der Waals surface area contributed by atoms with E-state index in [1.165, 1.54) is 24.3 Å². The molecule has 2 rings (SSSR count). The maximum atomic E-state index is 12.9. The van der Waals surface area contributed by atoms with Gasteiger partial charge in [-0.1, -0.05) is 30.3 Å². The molecule has 0 fully saturated rings. The zero-order chi connectivity index (χ0) is 16.2. The lowest BCUT2D eigenvalue weighted by Crippen LogP contribution is -2.36. The van der Waals surface area contributed by atoms with Crippen LogP contribution in [-0.2, 0) is 11.0 Å². The van der Waals surface area contributed by atoms with Crippen LogP contribution in [0, 0.1) is 5.82 Å². The van der Waals surface area contributed by atoms with Crippen LogP contribution < -0.4 is 5.32 Å². The van der Waals surface area contributed by atoms with Gasteiger partial charge in [0.25, 0.3) is 5.91 Å². The molecule has 2 aromatic carbocycles. The summed E-state index contributed by atoms with van der Waals surface area (Å²) in [6.45, 7) is 0. The molecular weight excluding hydrogens is 308 g/mol. The first-order chi connectivity index (χ1) is 10.4. The molecule has 1 unspecified atom stereocenters. The fraction of sp³-hybridized carbons (Fsp3) is 0.133. The number of nitrogens with one attached hydrogen (secondary N) is 1. The van der Waals surface area contributed by atoms with Crippen LogP contribution in [0.3, 0.4) is 0 Å². The molecule has 0 radical (unpaired) electrons. The minimum absolute atomic E-state index is 0.0941. The van der Waals surface area contributed by atoms with E-state index in [1.807, 2.05) is 0 Å². The van der Waals surface area contributed by atoms with Crippen molar-refractivity contribution in [2.45, 2.75) is 12.2 Å². The van der Waals surface area contributed by atoms with Crippen LogP contribution in [-0.4, -0.2) is 21.5 Å². The summed E-state index contributed by atoms with van der Waals surface area (Å²) < 4.78 is 24.4. The molecule has 7 heteroatoms. The largest absolute Gasteiger partial charge is 0.347 e. The molecule has 5 nitrogen and oxygen atoms in total. The molecule has 1 atom stereocenters. The normalized spacial score (nSPS) is 12.7. The molecule has 0 aliphatic carbocycles. The van der Waals surface area contributed by atoms with Crippen molar-refractivity contribution in [3.05, 3.63) is 71.5 Å². The third-order valence-electron chi connectivity index (χ3n) is 3.08. The second kappa shape index (κ2) is 6.83. The molecule has 116 valence electrons. The Kier molecular flexibility index (Phi) is 5.08. The third kappa shape index (κ3) is 4.49. The van der Waals surface area contributed by atoms with Crippen molar-refractivity contribution < 1.29 is 23.5 Å². The highest BCUT2D eigenvalue weighted by molar-refractivity contribution is 7.52. The summed E-state index contributed by atoms with van der Waals surface area (Å²) in [4.78, 5) is 30.9. The van der Waals surface area contributed by atoms with E-state index in [1.54, 1.807) is 30.3 Å². The molecule has 0 saturated heterocycles. The molecule has 0 aliphatic heterocycles. The van der Waals surface area contributed by atoms with Crippen molar-refractivity contribution in [2.75, 3.05) is 0 Å². The van der Waals surface area contributed by atoms with Gasteiger partial charge in [-0.3, -0.25) is 9.36 Å². The first-order valence-corrected chi connectivity index (χ1v) is 8.20. The third-order valence-corrected chi connectivity index (χ3v) is 4.21. The van der Waals surface area contributed by atoms with E-state index in [2.05, 4.69) is 5.32 Å². The average molecular weight is 323 g/mol. The number of carbonyl (C=O) groups is 1. The summed E-state index contributed by atoms with van der Waals surface area (Å²) in [5, 5.41) is 2.34. The van der Waals surface area contributed by atoms with E-state index in [9.17, 15) is 23.5 Å². The molecule has 0 bridgehead atoms. The first-order valence-electron chi connectivity index (χ1n) is 6.52. The van der Waals surface area contributed by atoms with Gasteiger partial charge in [0.15, 0.2) is 0 Å². The van der Waals surface area contributed by atoms with E-state index >= 15 is 0 Å².